The molecule has 32 heavy (non-hydrogen) atoms. The summed E-state index contributed by atoms with van der Waals surface area (Å²) >= 11 is 0. The van der Waals surface area contributed by atoms with Crippen molar-refractivity contribution in [3.05, 3.63) is 29.8 Å². The number of hydrogen-bond acceptors (Lipinski definition) is 5. The number of benzene rings is 1. The Hall–Kier alpha value is -1.10. The van der Waals surface area contributed by atoms with Gasteiger partial charge in [-0.15, -0.1) is 24.0 Å². The van der Waals surface area contributed by atoms with Crippen LogP contribution in [0.2, 0.25) is 0 Å². The number of hydrogen-bond donors (Lipinski definition) is 2. The standard InChI is InChI=1S/C24H41N5O2.HI/c1-21-7-3-4-11-29(21)12-6-10-26-24(25-2)27-20-22-8-5-9-23(19-22)31-18-15-28-13-16-30-17-14-28;/h5,8-9,19,21H,3-4,6-7,10-18,20H2,1-2H3,(H2,25,26,27);1H. The number of aliphatic imine (C=N–C) groups is 1. The zero-order valence-electron chi connectivity index (χ0n) is 19.9. The van der Waals surface area contributed by atoms with E-state index in [1.807, 2.05) is 13.1 Å². The smallest absolute Gasteiger partial charge is 0.191 e. The summed E-state index contributed by atoms with van der Waals surface area (Å²) in [5, 5.41) is 6.86. The van der Waals surface area contributed by atoms with Gasteiger partial charge < -0.3 is 25.0 Å². The Morgan fingerprint density at radius 1 is 1.16 bits per heavy atom. The number of piperidine rings is 1. The second-order valence-electron chi connectivity index (χ2n) is 8.54. The third-order valence-corrected chi connectivity index (χ3v) is 6.22. The molecule has 0 bridgehead atoms. The zero-order chi connectivity index (χ0) is 21.7. The molecular weight excluding hydrogens is 517 g/mol. The van der Waals surface area contributed by atoms with E-state index in [4.69, 9.17) is 9.47 Å². The van der Waals surface area contributed by atoms with Gasteiger partial charge in [0.05, 0.1) is 13.2 Å². The molecule has 0 aliphatic carbocycles. The lowest BCUT2D eigenvalue weighted by atomic mass is 10.0. The van der Waals surface area contributed by atoms with Gasteiger partial charge in [-0.25, -0.2) is 0 Å². The summed E-state index contributed by atoms with van der Waals surface area (Å²) in [7, 11) is 1.83. The number of ether oxygens (including phenoxy) is 2. The van der Waals surface area contributed by atoms with Crippen LogP contribution >= 0.6 is 24.0 Å². The highest BCUT2D eigenvalue weighted by atomic mass is 127. The van der Waals surface area contributed by atoms with E-state index in [2.05, 4.69) is 50.5 Å². The van der Waals surface area contributed by atoms with E-state index in [-0.39, 0.29) is 24.0 Å². The van der Waals surface area contributed by atoms with Crippen LogP contribution in [0.3, 0.4) is 0 Å². The second kappa shape index (κ2) is 15.7. The van der Waals surface area contributed by atoms with E-state index >= 15 is 0 Å². The van der Waals surface area contributed by atoms with Gasteiger partial charge in [-0.05, 0) is 50.4 Å². The van der Waals surface area contributed by atoms with E-state index in [0.29, 0.717) is 6.61 Å². The van der Waals surface area contributed by atoms with Crippen molar-refractivity contribution < 1.29 is 9.47 Å². The number of rotatable bonds is 10. The molecule has 7 nitrogen and oxygen atoms in total. The third kappa shape index (κ3) is 9.80. The molecule has 2 aliphatic rings. The minimum Gasteiger partial charge on any atom is -0.492 e. The monoisotopic (exact) mass is 559 g/mol. The Bertz CT molecular complexity index is 670. The lowest BCUT2D eigenvalue weighted by Gasteiger charge is -2.33. The Morgan fingerprint density at radius 2 is 2.00 bits per heavy atom. The molecule has 2 aliphatic heterocycles. The maximum atomic E-state index is 5.97. The van der Waals surface area contributed by atoms with Gasteiger partial charge in [0, 0.05) is 52.4 Å². The Morgan fingerprint density at radius 3 is 2.78 bits per heavy atom. The lowest BCUT2D eigenvalue weighted by molar-refractivity contribution is 0.0322. The summed E-state index contributed by atoms with van der Waals surface area (Å²) in [5.41, 5.74) is 1.19. The van der Waals surface area contributed by atoms with Crippen molar-refractivity contribution in [3.63, 3.8) is 0 Å². The summed E-state index contributed by atoms with van der Waals surface area (Å²) in [6.07, 6.45) is 5.20. The average molecular weight is 560 g/mol. The van der Waals surface area contributed by atoms with Gasteiger partial charge in [0.2, 0.25) is 0 Å². The molecule has 0 aromatic heterocycles. The highest BCUT2D eigenvalue weighted by Gasteiger charge is 2.17. The van der Waals surface area contributed by atoms with Crippen molar-refractivity contribution in [2.45, 2.75) is 45.2 Å². The summed E-state index contributed by atoms with van der Waals surface area (Å²) < 4.78 is 11.4. The molecule has 2 heterocycles. The largest absolute Gasteiger partial charge is 0.492 e. The highest BCUT2D eigenvalue weighted by molar-refractivity contribution is 14.0. The van der Waals surface area contributed by atoms with Crippen LogP contribution in [0.5, 0.6) is 5.75 Å². The first kappa shape index (κ1) is 27.1. The number of nitrogens with zero attached hydrogens (tertiary/aromatic N) is 3. The van der Waals surface area contributed by atoms with E-state index in [9.17, 15) is 0 Å². The minimum atomic E-state index is 0. The van der Waals surface area contributed by atoms with Crippen molar-refractivity contribution in [1.29, 1.82) is 0 Å². The van der Waals surface area contributed by atoms with Gasteiger partial charge in [-0.2, -0.15) is 0 Å². The van der Waals surface area contributed by atoms with E-state index in [1.54, 1.807) is 0 Å². The number of nitrogens with one attached hydrogen (secondary N) is 2. The van der Waals surface area contributed by atoms with Crippen LogP contribution < -0.4 is 15.4 Å². The molecular formula is C24H42IN5O2. The molecule has 1 aromatic carbocycles. The predicted molar refractivity (Wildman–Crippen MR) is 142 cm³/mol. The molecule has 3 rings (SSSR count). The van der Waals surface area contributed by atoms with Crippen LogP contribution in [-0.2, 0) is 11.3 Å². The Labute approximate surface area is 211 Å². The normalized spacial score (nSPS) is 20.4. The summed E-state index contributed by atoms with van der Waals surface area (Å²) in [4.78, 5) is 9.36. The van der Waals surface area contributed by atoms with Crippen LogP contribution in [0.4, 0.5) is 0 Å². The van der Waals surface area contributed by atoms with Crippen LogP contribution in [0, 0.1) is 0 Å². The van der Waals surface area contributed by atoms with Gasteiger partial charge in [-0.1, -0.05) is 18.6 Å². The first-order valence-corrected chi connectivity index (χ1v) is 11.9. The van der Waals surface area contributed by atoms with E-state index in [1.165, 1.54) is 31.4 Å². The van der Waals surface area contributed by atoms with Crippen molar-refractivity contribution in [3.8, 4) is 5.75 Å². The fraction of sp³-hybridized carbons (Fsp3) is 0.708. The molecule has 0 saturated carbocycles. The molecule has 2 fully saturated rings. The number of morpholine rings is 1. The molecule has 2 saturated heterocycles. The minimum absolute atomic E-state index is 0. The van der Waals surface area contributed by atoms with Crippen molar-refractivity contribution in [1.82, 2.24) is 20.4 Å². The third-order valence-electron chi connectivity index (χ3n) is 6.22. The SMILES string of the molecule is CN=C(NCCCN1CCCCC1C)NCc1cccc(OCCN2CCOCC2)c1.I. The summed E-state index contributed by atoms with van der Waals surface area (Å²) in [6, 6.07) is 9.04. The summed E-state index contributed by atoms with van der Waals surface area (Å²) in [5.74, 6) is 1.77. The van der Waals surface area contributed by atoms with Crippen LogP contribution in [0.1, 0.15) is 38.2 Å². The van der Waals surface area contributed by atoms with Crippen molar-refractivity contribution in [2.24, 2.45) is 4.99 Å². The second-order valence-corrected chi connectivity index (χ2v) is 8.54. The quantitative estimate of drug-likeness (QED) is 0.199. The maximum Gasteiger partial charge on any atom is 0.191 e. The van der Waals surface area contributed by atoms with Gasteiger partial charge in [0.15, 0.2) is 5.96 Å². The molecule has 1 aromatic rings. The fourth-order valence-electron chi connectivity index (χ4n) is 4.25. The summed E-state index contributed by atoms with van der Waals surface area (Å²) in [6.45, 7) is 11.7. The van der Waals surface area contributed by atoms with Crippen LogP contribution in [0.15, 0.2) is 29.3 Å². The Kier molecular flexibility index (Phi) is 13.3. The topological polar surface area (TPSA) is 61.4 Å². The molecule has 2 N–H and O–H groups in total. The van der Waals surface area contributed by atoms with E-state index in [0.717, 1.165) is 76.7 Å². The fourth-order valence-corrected chi connectivity index (χ4v) is 4.25. The molecule has 0 radical (unpaired) electrons. The first-order valence-electron chi connectivity index (χ1n) is 11.9. The van der Waals surface area contributed by atoms with Gasteiger partial charge in [-0.3, -0.25) is 9.89 Å². The number of likely N-dealkylation sites (tertiary alicyclic amines) is 1. The van der Waals surface area contributed by atoms with Crippen LogP contribution in [-0.4, -0.2) is 87.9 Å². The molecule has 1 unspecified atom stereocenters. The highest BCUT2D eigenvalue weighted by Crippen LogP contribution is 2.16. The van der Waals surface area contributed by atoms with E-state index < -0.39 is 0 Å². The van der Waals surface area contributed by atoms with Crippen molar-refractivity contribution >= 4 is 29.9 Å². The van der Waals surface area contributed by atoms with Gasteiger partial charge in [0.25, 0.3) is 0 Å². The average Bonchev–Trinajstić information content (AvgIpc) is 2.81. The predicted octanol–water partition coefficient (Wildman–Crippen LogP) is 2.95. The molecule has 0 amide bonds. The first-order chi connectivity index (χ1) is 15.2. The van der Waals surface area contributed by atoms with Gasteiger partial charge in [0.1, 0.15) is 12.4 Å². The molecule has 182 valence electrons. The number of halogens is 1. The zero-order valence-corrected chi connectivity index (χ0v) is 22.2. The van der Waals surface area contributed by atoms with Gasteiger partial charge >= 0.3 is 0 Å². The molecule has 8 heteroatoms. The van der Waals surface area contributed by atoms with Crippen molar-refractivity contribution in [2.75, 3.05) is 66.1 Å². The molecule has 1 atom stereocenters. The van der Waals surface area contributed by atoms with Crippen LogP contribution in [0.25, 0.3) is 0 Å². The lowest BCUT2D eigenvalue weighted by Crippen LogP contribution is -2.41. The maximum absolute atomic E-state index is 5.97. The number of guanidine groups is 1. The Balaban J connectivity index is 0.00000363. The molecule has 0 spiro atoms.